The zero-order chi connectivity index (χ0) is 15.3. The maximum Gasteiger partial charge on any atom is 0.251 e. The highest BCUT2D eigenvalue weighted by atomic mass is 32.2. The molecule has 2 aromatic rings. The number of aryl methyl sites for hydroxylation is 1. The summed E-state index contributed by atoms with van der Waals surface area (Å²) in [6.45, 7) is 1.63. The van der Waals surface area contributed by atoms with Crippen molar-refractivity contribution in [2.45, 2.75) is 6.92 Å². The van der Waals surface area contributed by atoms with Gasteiger partial charge in [-0.3, -0.25) is 14.5 Å². The van der Waals surface area contributed by atoms with E-state index in [0.29, 0.717) is 11.3 Å². The number of rotatable bonds is 6. The van der Waals surface area contributed by atoms with Crippen LogP contribution in [0.1, 0.15) is 16.1 Å². The van der Waals surface area contributed by atoms with Crippen molar-refractivity contribution < 1.29 is 17.7 Å². The summed E-state index contributed by atoms with van der Waals surface area (Å²) in [7, 11) is -3.60. The maximum atomic E-state index is 11.8. The first-order chi connectivity index (χ1) is 9.96. The van der Waals surface area contributed by atoms with E-state index < -0.39 is 10.0 Å². The Morgan fingerprint density at radius 1 is 1.33 bits per heavy atom. The van der Waals surface area contributed by atoms with E-state index in [1.54, 1.807) is 19.1 Å². The van der Waals surface area contributed by atoms with E-state index in [4.69, 9.17) is 4.52 Å². The Morgan fingerprint density at radius 2 is 2.05 bits per heavy atom. The number of pyridine rings is 1. The lowest BCUT2D eigenvalue weighted by molar-refractivity contribution is 0.0956. The third-order valence-electron chi connectivity index (χ3n) is 2.49. The largest absolute Gasteiger partial charge is 0.360 e. The molecule has 21 heavy (non-hydrogen) atoms. The van der Waals surface area contributed by atoms with Crippen LogP contribution in [0.2, 0.25) is 0 Å². The van der Waals surface area contributed by atoms with Gasteiger partial charge in [-0.2, -0.15) is 0 Å². The van der Waals surface area contributed by atoms with Gasteiger partial charge in [0.2, 0.25) is 10.0 Å². The molecule has 0 aliphatic heterocycles. The number of anilines is 1. The normalized spacial score (nSPS) is 11.1. The molecule has 112 valence electrons. The zero-order valence-corrected chi connectivity index (χ0v) is 12.1. The third-order valence-corrected chi connectivity index (χ3v) is 3.75. The number of hydrogen-bond donors (Lipinski definition) is 2. The molecule has 2 heterocycles. The summed E-state index contributed by atoms with van der Waals surface area (Å²) in [4.78, 5) is 15.5. The summed E-state index contributed by atoms with van der Waals surface area (Å²) in [6.07, 6.45) is 2.97. The molecule has 0 atom stereocenters. The molecule has 0 aliphatic rings. The minimum atomic E-state index is -3.60. The smallest absolute Gasteiger partial charge is 0.251 e. The van der Waals surface area contributed by atoms with Crippen LogP contribution in [-0.4, -0.2) is 36.8 Å². The van der Waals surface area contributed by atoms with E-state index in [1.807, 2.05) is 0 Å². The summed E-state index contributed by atoms with van der Waals surface area (Å²) >= 11 is 0. The van der Waals surface area contributed by atoms with Crippen LogP contribution in [0.25, 0.3) is 0 Å². The first-order valence-corrected chi connectivity index (χ1v) is 7.73. The number of nitrogens with zero attached hydrogens (tertiary/aromatic N) is 2. The van der Waals surface area contributed by atoms with Crippen molar-refractivity contribution in [2.24, 2.45) is 0 Å². The molecular weight excluding hydrogens is 296 g/mol. The SMILES string of the molecule is Cc1cc(NS(=O)(=O)CCNC(=O)c2ccncc2)no1. The fourth-order valence-corrected chi connectivity index (χ4v) is 2.42. The number of nitrogens with one attached hydrogen (secondary N) is 2. The fraction of sp³-hybridized carbons (Fsp3) is 0.250. The minimum absolute atomic E-state index is 0.0205. The molecule has 0 radical (unpaired) electrons. The molecule has 2 rings (SSSR count). The number of carbonyl (C=O) groups excluding carboxylic acids is 1. The summed E-state index contributed by atoms with van der Waals surface area (Å²) < 4.78 is 30.6. The highest BCUT2D eigenvalue weighted by Gasteiger charge is 2.13. The van der Waals surface area contributed by atoms with Crippen LogP contribution in [0, 0.1) is 6.92 Å². The molecular formula is C12H14N4O4S. The van der Waals surface area contributed by atoms with Gasteiger partial charge in [-0.15, -0.1) is 0 Å². The Hall–Kier alpha value is -2.42. The van der Waals surface area contributed by atoms with Crippen LogP contribution in [0.5, 0.6) is 0 Å². The standard InChI is InChI=1S/C12H14N4O4S/c1-9-8-11(15-20-9)16-21(18,19)7-6-14-12(17)10-2-4-13-5-3-10/h2-5,8H,6-7H2,1H3,(H,14,17)(H,15,16). The van der Waals surface area contributed by atoms with Gasteiger partial charge in [-0.1, -0.05) is 5.16 Å². The van der Waals surface area contributed by atoms with Gasteiger partial charge < -0.3 is 9.84 Å². The van der Waals surface area contributed by atoms with Gasteiger partial charge in [0.25, 0.3) is 5.91 Å². The average Bonchev–Trinajstić information content (AvgIpc) is 2.84. The number of amides is 1. The van der Waals surface area contributed by atoms with Crippen LogP contribution >= 0.6 is 0 Å². The van der Waals surface area contributed by atoms with E-state index in [0.717, 1.165) is 0 Å². The van der Waals surface area contributed by atoms with Gasteiger partial charge in [-0.05, 0) is 19.1 Å². The first kappa shape index (κ1) is 15.0. The fourth-order valence-electron chi connectivity index (χ4n) is 1.53. The van der Waals surface area contributed by atoms with Gasteiger partial charge in [-0.25, -0.2) is 8.42 Å². The van der Waals surface area contributed by atoms with Crippen molar-refractivity contribution in [3.63, 3.8) is 0 Å². The van der Waals surface area contributed by atoms with Gasteiger partial charge in [0, 0.05) is 30.6 Å². The summed E-state index contributed by atoms with van der Waals surface area (Å²) in [5.41, 5.74) is 0.419. The van der Waals surface area contributed by atoms with E-state index in [2.05, 4.69) is 20.2 Å². The molecule has 0 unspecified atom stereocenters. The molecule has 0 saturated carbocycles. The van der Waals surface area contributed by atoms with E-state index in [9.17, 15) is 13.2 Å². The number of aromatic nitrogens is 2. The van der Waals surface area contributed by atoms with E-state index in [-0.39, 0.29) is 24.0 Å². The number of carbonyl (C=O) groups is 1. The molecule has 0 spiro atoms. The second-order valence-electron chi connectivity index (χ2n) is 4.24. The Labute approximate surface area is 121 Å². The van der Waals surface area contributed by atoms with Crippen LogP contribution in [0.3, 0.4) is 0 Å². The Kier molecular flexibility index (Phi) is 4.53. The predicted molar refractivity (Wildman–Crippen MR) is 75.2 cm³/mol. The van der Waals surface area contributed by atoms with E-state index >= 15 is 0 Å². The summed E-state index contributed by atoms with van der Waals surface area (Å²) in [5.74, 6) is -0.00745. The predicted octanol–water partition coefficient (Wildman–Crippen LogP) is 0.550. The van der Waals surface area contributed by atoms with Crippen molar-refractivity contribution in [2.75, 3.05) is 17.0 Å². The van der Waals surface area contributed by atoms with Crippen molar-refractivity contribution >= 4 is 21.7 Å². The highest BCUT2D eigenvalue weighted by Crippen LogP contribution is 2.09. The van der Waals surface area contributed by atoms with Crippen molar-refractivity contribution in [1.29, 1.82) is 0 Å². The lowest BCUT2D eigenvalue weighted by atomic mass is 10.2. The molecule has 0 fully saturated rings. The molecule has 1 amide bonds. The van der Waals surface area contributed by atoms with Crippen molar-refractivity contribution in [3.8, 4) is 0 Å². The molecule has 9 heteroatoms. The van der Waals surface area contributed by atoms with Gasteiger partial charge >= 0.3 is 0 Å². The molecule has 0 bridgehead atoms. The quantitative estimate of drug-likeness (QED) is 0.805. The second kappa shape index (κ2) is 6.35. The van der Waals surface area contributed by atoms with Crippen LogP contribution < -0.4 is 10.0 Å². The summed E-state index contributed by atoms with van der Waals surface area (Å²) in [5, 5.41) is 6.05. The van der Waals surface area contributed by atoms with Crippen LogP contribution in [0.4, 0.5) is 5.82 Å². The van der Waals surface area contributed by atoms with Gasteiger partial charge in [0.15, 0.2) is 5.82 Å². The first-order valence-electron chi connectivity index (χ1n) is 6.08. The topological polar surface area (TPSA) is 114 Å². The lowest BCUT2D eigenvalue weighted by Crippen LogP contribution is -2.31. The van der Waals surface area contributed by atoms with Gasteiger partial charge in [0.05, 0.1) is 5.75 Å². The summed E-state index contributed by atoms with van der Waals surface area (Å²) in [6, 6.07) is 4.55. The zero-order valence-electron chi connectivity index (χ0n) is 11.2. The molecule has 0 aromatic carbocycles. The monoisotopic (exact) mass is 310 g/mol. The third kappa shape index (κ3) is 4.56. The lowest BCUT2D eigenvalue weighted by Gasteiger charge is -2.06. The second-order valence-corrected chi connectivity index (χ2v) is 6.08. The van der Waals surface area contributed by atoms with Crippen LogP contribution in [0.15, 0.2) is 35.1 Å². The van der Waals surface area contributed by atoms with Gasteiger partial charge in [0.1, 0.15) is 5.76 Å². The van der Waals surface area contributed by atoms with E-state index in [1.165, 1.54) is 18.5 Å². The molecule has 2 N–H and O–H groups in total. The highest BCUT2D eigenvalue weighted by molar-refractivity contribution is 7.92. The van der Waals surface area contributed by atoms with Crippen LogP contribution in [-0.2, 0) is 10.0 Å². The molecule has 8 nitrogen and oxygen atoms in total. The van der Waals surface area contributed by atoms with Crippen molar-refractivity contribution in [3.05, 3.63) is 41.9 Å². The minimum Gasteiger partial charge on any atom is -0.360 e. The maximum absolute atomic E-state index is 11.8. The molecule has 2 aromatic heterocycles. The molecule has 0 saturated heterocycles. The molecule has 0 aliphatic carbocycles. The number of hydrogen-bond acceptors (Lipinski definition) is 6. The Bertz CT molecular complexity index is 712. The Morgan fingerprint density at radius 3 is 2.67 bits per heavy atom. The Balaban J connectivity index is 1.83. The average molecular weight is 310 g/mol. The van der Waals surface area contributed by atoms with Crippen molar-refractivity contribution in [1.82, 2.24) is 15.5 Å². The number of sulfonamides is 1.